The van der Waals surface area contributed by atoms with Crippen molar-refractivity contribution in [2.24, 2.45) is 0 Å². The van der Waals surface area contributed by atoms with Gasteiger partial charge in [-0.2, -0.15) is 0 Å². The molecular formula is C33H30Cl2N4O4. The van der Waals surface area contributed by atoms with Crippen LogP contribution >= 0.6 is 23.2 Å². The van der Waals surface area contributed by atoms with Crippen molar-refractivity contribution in [1.82, 2.24) is 9.55 Å². The largest absolute Gasteiger partial charge is 0.496 e. The van der Waals surface area contributed by atoms with E-state index >= 15 is 0 Å². The Morgan fingerprint density at radius 1 is 0.977 bits per heavy atom. The lowest BCUT2D eigenvalue weighted by Crippen LogP contribution is -2.51. The van der Waals surface area contributed by atoms with Crippen LogP contribution in [0.15, 0.2) is 48.5 Å². The molecule has 1 aromatic heterocycles. The number of imidazole rings is 1. The third-order valence-corrected chi connectivity index (χ3v) is 9.14. The summed E-state index contributed by atoms with van der Waals surface area (Å²) in [5.41, 5.74) is 3.28. The molecule has 10 heteroatoms. The number of anilines is 2. The van der Waals surface area contributed by atoms with Crippen LogP contribution in [-0.4, -0.2) is 35.6 Å². The third-order valence-electron chi connectivity index (χ3n) is 8.67. The molecule has 3 aromatic carbocycles. The summed E-state index contributed by atoms with van der Waals surface area (Å²) in [6, 6.07) is 14.4. The first-order chi connectivity index (χ1) is 20.6. The highest BCUT2D eigenvalue weighted by Gasteiger charge is 2.64. The summed E-state index contributed by atoms with van der Waals surface area (Å²) in [6.07, 6.45) is 2.24. The second-order valence-corrected chi connectivity index (χ2v) is 12.5. The number of benzene rings is 3. The van der Waals surface area contributed by atoms with Crippen LogP contribution in [0.4, 0.5) is 11.4 Å². The normalized spacial score (nSPS) is 18.8. The van der Waals surface area contributed by atoms with Gasteiger partial charge in [-0.3, -0.25) is 14.5 Å². The van der Waals surface area contributed by atoms with Crippen LogP contribution in [0.5, 0.6) is 11.5 Å². The summed E-state index contributed by atoms with van der Waals surface area (Å²) in [6.45, 7) is 5.89. The Hall–Kier alpha value is -4.01. The van der Waals surface area contributed by atoms with Gasteiger partial charge in [-0.25, -0.2) is 4.98 Å². The summed E-state index contributed by atoms with van der Waals surface area (Å²) in [5.74, 6) is 1.36. The Morgan fingerprint density at radius 3 is 2.26 bits per heavy atom. The van der Waals surface area contributed by atoms with Crippen LogP contribution in [0.1, 0.15) is 71.5 Å². The number of carbonyl (C=O) groups is 2. The molecule has 1 fully saturated rings. The van der Waals surface area contributed by atoms with E-state index in [1.807, 2.05) is 43.5 Å². The summed E-state index contributed by atoms with van der Waals surface area (Å²) >= 11 is 12.8. The second-order valence-electron chi connectivity index (χ2n) is 11.6. The maximum atomic E-state index is 14.7. The highest BCUT2D eigenvalue weighted by molar-refractivity contribution is 6.32. The smallest absolute Gasteiger partial charge is 0.280 e. The van der Waals surface area contributed by atoms with Gasteiger partial charge >= 0.3 is 0 Å². The van der Waals surface area contributed by atoms with Crippen LogP contribution in [0.2, 0.25) is 10.0 Å². The molecule has 2 amide bonds. The minimum Gasteiger partial charge on any atom is -0.496 e. The summed E-state index contributed by atoms with van der Waals surface area (Å²) < 4.78 is 13.8. The fourth-order valence-corrected chi connectivity index (χ4v) is 6.96. The number of nitrogens with one attached hydrogen (secondary N) is 1. The van der Waals surface area contributed by atoms with Gasteiger partial charge in [0.25, 0.3) is 11.8 Å². The van der Waals surface area contributed by atoms with Crippen molar-refractivity contribution in [3.63, 3.8) is 0 Å². The topological polar surface area (TPSA) is 85.7 Å². The lowest BCUT2D eigenvalue weighted by atomic mass is 9.86. The molecule has 0 radical (unpaired) electrons. The fourth-order valence-electron chi connectivity index (χ4n) is 6.62. The van der Waals surface area contributed by atoms with Crippen molar-refractivity contribution >= 4 is 46.4 Å². The average molecular weight is 618 g/mol. The zero-order valence-electron chi connectivity index (χ0n) is 24.4. The SMILES string of the molecule is COc1cc(C2CC2)cc(OC)c1-c1nc2c(n1C(C)C)[C@]1(C(=O)Nc3cc(Cl)ccc31)N(c1cc(Cl)ccc1C)C2=O. The molecule has 1 saturated carbocycles. The van der Waals surface area contributed by atoms with Crippen LogP contribution in [0.3, 0.4) is 0 Å². The number of methoxy groups -OCH3 is 2. The number of ether oxygens (including phenoxy) is 2. The van der Waals surface area contributed by atoms with Crippen LogP contribution in [0, 0.1) is 6.92 Å². The van der Waals surface area contributed by atoms with Crippen LogP contribution < -0.4 is 19.7 Å². The molecule has 220 valence electrons. The van der Waals surface area contributed by atoms with Gasteiger partial charge in [-0.1, -0.05) is 35.3 Å². The van der Waals surface area contributed by atoms with Crippen molar-refractivity contribution in [1.29, 1.82) is 0 Å². The number of rotatable bonds is 6. The predicted molar refractivity (Wildman–Crippen MR) is 167 cm³/mol. The highest BCUT2D eigenvalue weighted by atomic mass is 35.5. The van der Waals surface area contributed by atoms with Gasteiger partial charge in [-0.05, 0) is 87.1 Å². The van der Waals surface area contributed by atoms with E-state index in [1.165, 1.54) is 4.90 Å². The van der Waals surface area contributed by atoms with E-state index in [9.17, 15) is 9.59 Å². The molecule has 7 rings (SSSR count). The number of hydrogen-bond donors (Lipinski definition) is 1. The van der Waals surface area contributed by atoms with E-state index in [4.69, 9.17) is 37.7 Å². The van der Waals surface area contributed by atoms with Crippen molar-refractivity contribution in [3.8, 4) is 22.9 Å². The van der Waals surface area contributed by atoms with Gasteiger partial charge < -0.3 is 19.4 Å². The van der Waals surface area contributed by atoms with E-state index in [0.717, 1.165) is 24.0 Å². The first-order valence-electron chi connectivity index (χ1n) is 14.2. The predicted octanol–water partition coefficient (Wildman–Crippen LogP) is 7.50. The molecule has 3 aliphatic rings. The zero-order valence-corrected chi connectivity index (χ0v) is 25.9. The lowest BCUT2D eigenvalue weighted by molar-refractivity contribution is -0.119. The standard InChI is InChI=1S/C33H30Cl2N4O4/c1-16(2)38-29-28(37-30(38)27-25(42-4)12-19(18-7-8-18)13-26(27)43-5)31(40)39(24-15-21(35)9-6-17(24)3)33(29)22-11-10-20(34)14-23(22)36-32(33)41/h6,9-16,18H,7-8H2,1-5H3,(H,36,41)/t33-/m1/s1. The number of aromatic nitrogens is 2. The second kappa shape index (κ2) is 9.76. The van der Waals surface area contributed by atoms with Crippen LogP contribution in [0.25, 0.3) is 11.4 Å². The Kier molecular flexibility index (Phi) is 6.31. The maximum absolute atomic E-state index is 14.7. The molecule has 1 spiro atoms. The number of halogens is 2. The summed E-state index contributed by atoms with van der Waals surface area (Å²) in [4.78, 5) is 35.7. The number of amides is 2. The molecule has 3 heterocycles. The third kappa shape index (κ3) is 3.85. The molecule has 0 unspecified atom stereocenters. The van der Waals surface area contributed by atoms with E-state index in [2.05, 4.69) is 5.32 Å². The Morgan fingerprint density at radius 2 is 1.63 bits per heavy atom. The van der Waals surface area contributed by atoms with Crippen molar-refractivity contribution in [3.05, 3.63) is 86.7 Å². The molecular weight excluding hydrogens is 587 g/mol. The minimum atomic E-state index is -1.58. The zero-order chi connectivity index (χ0) is 30.4. The van der Waals surface area contributed by atoms with Gasteiger partial charge in [-0.15, -0.1) is 0 Å². The number of nitrogens with zero attached hydrogens (tertiary/aromatic N) is 3. The number of hydrogen-bond acceptors (Lipinski definition) is 5. The number of aryl methyl sites for hydroxylation is 1. The molecule has 1 N–H and O–H groups in total. The van der Waals surface area contributed by atoms with E-state index in [0.29, 0.717) is 61.5 Å². The summed E-state index contributed by atoms with van der Waals surface area (Å²) in [7, 11) is 3.23. The van der Waals surface area contributed by atoms with Gasteiger partial charge in [0.05, 0.1) is 25.6 Å². The molecule has 43 heavy (non-hydrogen) atoms. The van der Waals surface area contributed by atoms with E-state index in [-0.39, 0.29) is 17.6 Å². The Bertz CT molecular complexity index is 1840. The Labute approximate surface area is 259 Å². The van der Waals surface area contributed by atoms with Gasteiger partial charge in [0.2, 0.25) is 0 Å². The fraction of sp³-hybridized carbons (Fsp3) is 0.303. The van der Waals surface area contributed by atoms with Crippen molar-refractivity contribution in [2.45, 2.75) is 51.1 Å². The first kappa shape index (κ1) is 27.8. The minimum absolute atomic E-state index is 0.177. The van der Waals surface area contributed by atoms with Gasteiger partial charge in [0, 0.05) is 27.3 Å². The molecule has 0 bridgehead atoms. The van der Waals surface area contributed by atoms with Crippen molar-refractivity contribution in [2.75, 3.05) is 24.4 Å². The quantitative estimate of drug-likeness (QED) is 0.242. The van der Waals surface area contributed by atoms with Gasteiger partial charge in [0.15, 0.2) is 11.2 Å². The molecule has 1 aliphatic carbocycles. The van der Waals surface area contributed by atoms with Gasteiger partial charge in [0.1, 0.15) is 22.9 Å². The van der Waals surface area contributed by atoms with E-state index < -0.39 is 11.4 Å². The average Bonchev–Trinajstić information content (AvgIpc) is 3.63. The Balaban J connectivity index is 1.58. The number of fused-ring (bicyclic) bond motifs is 4. The lowest BCUT2D eigenvalue weighted by Gasteiger charge is -2.36. The maximum Gasteiger partial charge on any atom is 0.280 e. The van der Waals surface area contributed by atoms with Crippen molar-refractivity contribution < 1.29 is 19.1 Å². The monoisotopic (exact) mass is 616 g/mol. The first-order valence-corrected chi connectivity index (χ1v) is 15.0. The highest BCUT2D eigenvalue weighted by Crippen LogP contribution is 2.56. The molecule has 4 aromatic rings. The van der Waals surface area contributed by atoms with E-state index in [1.54, 1.807) is 44.6 Å². The molecule has 1 atom stereocenters. The molecule has 0 saturated heterocycles. The molecule has 8 nitrogen and oxygen atoms in total. The number of carbonyl (C=O) groups excluding carboxylic acids is 2. The van der Waals surface area contributed by atoms with Crippen LogP contribution in [-0.2, 0) is 10.3 Å². The molecule has 2 aliphatic heterocycles. The summed E-state index contributed by atoms with van der Waals surface area (Å²) in [5, 5.41) is 3.92.